The average molecular weight is 561 g/mol. The summed E-state index contributed by atoms with van der Waals surface area (Å²) in [5, 5.41) is 2.97. The molecule has 3 aliphatic rings. The quantitative estimate of drug-likeness (QED) is 0.370. The second-order valence-corrected chi connectivity index (χ2v) is 13.2. The minimum atomic E-state index is -3.47. The van der Waals surface area contributed by atoms with Crippen molar-refractivity contribution in [3.8, 4) is 0 Å². The van der Waals surface area contributed by atoms with Crippen molar-refractivity contribution in [2.24, 2.45) is 4.99 Å². The van der Waals surface area contributed by atoms with Crippen LogP contribution in [0.25, 0.3) is 0 Å². The number of aliphatic imine (C=N–C) groups is 1. The van der Waals surface area contributed by atoms with Crippen LogP contribution in [0.15, 0.2) is 23.2 Å². The highest BCUT2D eigenvalue weighted by molar-refractivity contribution is 7.89. The maximum atomic E-state index is 13.2. The van der Waals surface area contributed by atoms with Crippen LogP contribution < -0.4 is 10.2 Å². The standard InChI is InChI=1S/C29H44N4O5S/c1-3-4-5-6-7-8-9-10-26-30-28(35)29(31-26)14-16-32(17-15-29)39(36,37)20-13-24-11-12-25(21-23(24)2)33-18-19-38-22-27(33)34/h11-12,21H,3-10,13-20,22H2,1-2H3,(H,30,31,35). The molecule has 3 heterocycles. The molecule has 1 aromatic rings. The minimum absolute atomic E-state index is 0.00957. The third-order valence-electron chi connectivity index (χ3n) is 8.24. The average Bonchev–Trinajstić information content (AvgIpc) is 3.22. The van der Waals surface area contributed by atoms with Crippen molar-refractivity contribution in [3.63, 3.8) is 0 Å². The molecule has 0 saturated carbocycles. The summed E-state index contributed by atoms with van der Waals surface area (Å²) in [7, 11) is -3.47. The number of unbranched alkanes of at least 4 members (excludes halogenated alkanes) is 6. The summed E-state index contributed by atoms with van der Waals surface area (Å²) >= 11 is 0. The van der Waals surface area contributed by atoms with E-state index in [0.29, 0.717) is 45.5 Å². The van der Waals surface area contributed by atoms with Gasteiger partial charge in [-0.1, -0.05) is 51.5 Å². The molecule has 0 aliphatic carbocycles. The van der Waals surface area contributed by atoms with Crippen molar-refractivity contribution in [2.45, 2.75) is 90.0 Å². The summed E-state index contributed by atoms with van der Waals surface area (Å²) in [6.45, 7) is 5.89. The Morgan fingerprint density at radius 2 is 1.72 bits per heavy atom. The second-order valence-electron chi connectivity index (χ2n) is 11.1. The fourth-order valence-electron chi connectivity index (χ4n) is 5.71. The van der Waals surface area contributed by atoms with Gasteiger partial charge in [0.1, 0.15) is 18.0 Å². The van der Waals surface area contributed by atoms with E-state index in [1.54, 1.807) is 4.90 Å². The van der Waals surface area contributed by atoms with Crippen LogP contribution in [0.4, 0.5) is 5.69 Å². The number of amides is 2. The topological polar surface area (TPSA) is 108 Å². The minimum Gasteiger partial charge on any atom is -0.370 e. The van der Waals surface area contributed by atoms with E-state index in [9.17, 15) is 18.0 Å². The van der Waals surface area contributed by atoms with Crippen molar-refractivity contribution < 1.29 is 22.7 Å². The smallest absolute Gasteiger partial charge is 0.253 e. The Morgan fingerprint density at radius 3 is 2.41 bits per heavy atom. The Morgan fingerprint density at radius 1 is 1.00 bits per heavy atom. The molecule has 0 aromatic heterocycles. The monoisotopic (exact) mass is 560 g/mol. The fraction of sp³-hybridized carbons (Fsp3) is 0.690. The van der Waals surface area contributed by atoms with Gasteiger partial charge in [-0.25, -0.2) is 12.7 Å². The zero-order valence-corrected chi connectivity index (χ0v) is 24.4. The number of benzene rings is 1. The number of carbonyl (C=O) groups excluding carboxylic acids is 2. The van der Waals surface area contributed by atoms with Crippen LogP contribution in [0.1, 0.15) is 82.3 Å². The molecule has 0 bridgehead atoms. The molecule has 3 aliphatic heterocycles. The number of nitrogens with one attached hydrogen (secondary N) is 1. The van der Waals surface area contributed by atoms with Crippen molar-refractivity contribution in [2.75, 3.05) is 43.5 Å². The molecule has 4 rings (SSSR count). The number of carbonyl (C=O) groups is 2. The number of hydrogen-bond donors (Lipinski definition) is 1. The maximum absolute atomic E-state index is 13.2. The molecule has 1 aromatic carbocycles. The highest BCUT2D eigenvalue weighted by atomic mass is 32.2. The molecule has 1 spiro atoms. The molecule has 9 nitrogen and oxygen atoms in total. The van der Waals surface area contributed by atoms with Crippen LogP contribution in [-0.2, 0) is 30.8 Å². The first kappa shape index (κ1) is 29.7. The van der Waals surface area contributed by atoms with Gasteiger partial charge in [-0.2, -0.15) is 0 Å². The predicted octanol–water partition coefficient (Wildman–Crippen LogP) is 3.73. The highest BCUT2D eigenvalue weighted by Crippen LogP contribution is 2.32. The van der Waals surface area contributed by atoms with Crippen molar-refractivity contribution >= 4 is 33.4 Å². The number of anilines is 1. The van der Waals surface area contributed by atoms with Crippen LogP contribution in [0.3, 0.4) is 0 Å². The van der Waals surface area contributed by atoms with Crippen molar-refractivity contribution in [1.82, 2.24) is 9.62 Å². The maximum Gasteiger partial charge on any atom is 0.253 e. The first-order valence-electron chi connectivity index (χ1n) is 14.6. The number of hydrogen-bond acceptors (Lipinski definition) is 6. The summed E-state index contributed by atoms with van der Waals surface area (Å²) < 4.78 is 33.1. The number of aryl methyl sites for hydroxylation is 2. The van der Waals surface area contributed by atoms with Gasteiger partial charge in [0.25, 0.3) is 11.8 Å². The molecule has 2 fully saturated rings. The van der Waals surface area contributed by atoms with Crippen molar-refractivity contribution in [1.29, 1.82) is 0 Å². The number of amidine groups is 1. The van der Waals surface area contributed by atoms with E-state index in [4.69, 9.17) is 9.73 Å². The van der Waals surface area contributed by atoms with E-state index in [2.05, 4.69) is 12.2 Å². The Labute approximate surface area is 233 Å². The number of piperidine rings is 1. The van der Waals surface area contributed by atoms with E-state index in [1.165, 1.54) is 36.4 Å². The van der Waals surface area contributed by atoms with E-state index < -0.39 is 15.6 Å². The highest BCUT2D eigenvalue weighted by Gasteiger charge is 2.47. The summed E-state index contributed by atoms with van der Waals surface area (Å²) in [5.41, 5.74) is 1.91. The SMILES string of the molecule is CCCCCCCCCC1=NC2(CCN(S(=O)(=O)CCc3ccc(N4CCOCC4=O)cc3C)CC2)C(=O)N1. The normalized spacial score (nSPS) is 19.9. The molecule has 216 valence electrons. The summed E-state index contributed by atoms with van der Waals surface area (Å²) in [6, 6.07) is 5.73. The third-order valence-corrected chi connectivity index (χ3v) is 10.1. The van der Waals surface area contributed by atoms with E-state index in [1.807, 2.05) is 25.1 Å². The zero-order valence-electron chi connectivity index (χ0n) is 23.5. The van der Waals surface area contributed by atoms with Gasteiger partial charge in [0, 0.05) is 31.7 Å². The summed E-state index contributed by atoms with van der Waals surface area (Å²) in [6.07, 6.45) is 10.5. The van der Waals surface area contributed by atoms with Crippen LogP contribution in [0.5, 0.6) is 0 Å². The molecule has 0 atom stereocenters. The third kappa shape index (κ3) is 7.46. The first-order chi connectivity index (χ1) is 18.7. The van der Waals surface area contributed by atoms with Crippen LogP contribution in [0.2, 0.25) is 0 Å². The molecule has 10 heteroatoms. The molecule has 0 radical (unpaired) electrons. The molecule has 2 amide bonds. The molecule has 1 N–H and O–H groups in total. The lowest BCUT2D eigenvalue weighted by molar-refractivity contribution is -0.126. The fourth-order valence-corrected chi connectivity index (χ4v) is 7.19. The number of sulfonamides is 1. The molecule has 0 unspecified atom stereocenters. The molecule has 2 saturated heterocycles. The Kier molecular flexibility index (Phi) is 10.2. The summed E-state index contributed by atoms with van der Waals surface area (Å²) in [5.74, 6) is 0.633. The number of rotatable bonds is 13. The van der Waals surface area contributed by atoms with Crippen LogP contribution >= 0.6 is 0 Å². The van der Waals surface area contributed by atoms with Crippen LogP contribution in [0, 0.1) is 6.92 Å². The van der Waals surface area contributed by atoms with Gasteiger partial charge in [-0.3, -0.25) is 14.6 Å². The van der Waals surface area contributed by atoms with E-state index in [-0.39, 0.29) is 24.2 Å². The van der Waals surface area contributed by atoms with Gasteiger partial charge < -0.3 is 15.0 Å². The zero-order chi connectivity index (χ0) is 27.9. The number of ether oxygens (including phenoxy) is 1. The van der Waals surface area contributed by atoms with Crippen molar-refractivity contribution in [3.05, 3.63) is 29.3 Å². The molecular weight excluding hydrogens is 516 g/mol. The lowest BCUT2D eigenvalue weighted by Crippen LogP contribution is -2.50. The first-order valence-corrected chi connectivity index (χ1v) is 16.2. The summed E-state index contributed by atoms with van der Waals surface area (Å²) in [4.78, 5) is 31.4. The van der Waals surface area contributed by atoms with E-state index in [0.717, 1.165) is 41.9 Å². The van der Waals surface area contributed by atoms with Gasteiger partial charge in [-0.05, 0) is 55.9 Å². The second kappa shape index (κ2) is 13.4. The lowest BCUT2D eigenvalue weighted by Gasteiger charge is -2.34. The number of nitrogens with zero attached hydrogens (tertiary/aromatic N) is 3. The predicted molar refractivity (Wildman–Crippen MR) is 154 cm³/mol. The van der Waals surface area contributed by atoms with Gasteiger partial charge in [-0.15, -0.1) is 0 Å². The van der Waals surface area contributed by atoms with Gasteiger partial charge >= 0.3 is 0 Å². The van der Waals surface area contributed by atoms with Crippen LogP contribution in [-0.4, -0.2) is 74.5 Å². The Hall–Kier alpha value is -2.30. The molecule has 39 heavy (non-hydrogen) atoms. The Bertz CT molecular complexity index is 1160. The van der Waals surface area contributed by atoms with Gasteiger partial charge in [0.15, 0.2) is 0 Å². The van der Waals surface area contributed by atoms with E-state index >= 15 is 0 Å². The van der Waals surface area contributed by atoms with Gasteiger partial charge in [0.2, 0.25) is 10.0 Å². The Balaban J connectivity index is 1.26. The largest absolute Gasteiger partial charge is 0.370 e. The lowest BCUT2D eigenvalue weighted by atomic mass is 9.89. The number of morpholine rings is 1. The van der Waals surface area contributed by atoms with Gasteiger partial charge in [0.05, 0.1) is 12.4 Å². The molecular formula is C29H44N4O5S.